The van der Waals surface area contributed by atoms with Gasteiger partial charge in [0.2, 0.25) is 0 Å². The van der Waals surface area contributed by atoms with E-state index in [9.17, 15) is 0 Å². The van der Waals surface area contributed by atoms with Crippen LogP contribution in [0.5, 0.6) is 0 Å². The molecule has 0 amide bonds. The van der Waals surface area contributed by atoms with Gasteiger partial charge in [0.15, 0.2) is 0 Å². The molecule has 288 valence electrons. The summed E-state index contributed by atoms with van der Waals surface area (Å²) >= 11 is 0. The monoisotopic (exact) mass is 755 g/mol. The Hall–Kier alpha value is -6.71. The minimum absolute atomic E-state index is 0.586. The Morgan fingerprint density at radius 1 is 0.586 bits per heavy atom. The van der Waals surface area contributed by atoms with Crippen molar-refractivity contribution in [2.24, 2.45) is 15.0 Å². The number of para-hydroxylation sites is 1. The average Bonchev–Trinajstić information content (AvgIpc) is 3.63. The Balaban J connectivity index is 0.000000502. The molecule has 8 rings (SSSR count). The van der Waals surface area contributed by atoms with E-state index in [4.69, 9.17) is 9.98 Å². The predicted molar refractivity (Wildman–Crippen MR) is 251 cm³/mol. The molecule has 0 atom stereocenters. The molecule has 0 saturated heterocycles. The predicted octanol–water partition coefficient (Wildman–Crippen LogP) is 14.5. The van der Waals surface area contributed by atoms with Gasteiger partial charge in [-0.25, -0.2) is 0 Å². The van der Waals surface area contributed by atoms with Gasteiger partial charge in [0.1, 0.15) is 0 Å². The first-order chi connectivity index (χ1) is 28.4. The molecule has 1 aliphatic carbocycles. The summed E-state index contributed by atoms with van der Waals surface area (Å²) < 4.78 is 0. The molecule has 0 saturated carbocycles. The highest BCUT2D eigenvalue weighted by Gasteiger charge is 2.20. The van der Waals surface area contributed by atoms with E-state index in [0.29, 0.717) is 6.54 Å². The van der Waals surface area contributed by atoms with Crippen LogP contribution >= 0.6 is 0 Å². The summed E-state index contributed by atoms with van der Waals surface area (Å²) in [6, 6.07) is 61.4. The summed E-state index contributed by atoms with van der Waals surface area (Å²) in [5.74, 6) is 0. The molecular weight excluding hydrogens is 703 g/mol. The number of aryl methyl sites for hydroxylation is 2. The number of benzene rings is 7. The fourth-order valence-electron chi connectivity index (χ4n) is 6.86. The smallest absolute Gasteiger partial charge is 0.0716 e. The van der Waals surface area contributed by atoms with Crippen molar-refractivity contribution >= 4 is 29.5 Å². The standard InChI is InChI=1S/C45H37N3.C7H8.C3H8/c1-31-12-10-11-17-43(31)48-32(2)34-18-20-35(21-19-34)37-22-24-41-39(26-37)28-40-27-38(23-25-42(40)41)45(47-30-33-13-6-4-7-14-33)29-44(46-3)36-15-8-5-9-16-36;1-7-5-3-2-4-6-7;1-3-2/h4-27,29H,3,28,30H2,1-2H3;2-6H,1H3;3H2,1-2H3/b44-29-,47-45?,48-32?;;. The van der Waals surface area contributed by atoms with E-state index < -0.39 is 0 Å². The number of allylic oxidation sites excluding steroid dienone is 1. The molecule has 0 heterocycles. The van der Waals surface area contributed by atoms with E-state index in [2.05, 4.69) is 174 Å². The zero-order valence-electron chi connectivity index (χ0n) is 34.5. The Morgan fingerprint density at radius 3 is 1.76 bits per heavy atom. The summed E-state index contributed by atoms with van der Waals surface area (Å²) in [7, 11) is 0. The molecule has 0 radical (unpaired) electrons. The lowest BCUT2D eigenvalue weighted by Gasteiger charge is -2.09. The minimum Gasteiger partial charge on any atom is -0.280 e. The molecule has 0 spiro atoms. The summed E-state index contributed by atoms with van der Waals surface area (Å²) in [4.78, 5) is 14.4. The third kappa shape index (κ3) is 10.8. The van der Waals surface area contributed by atoms with Crippen molar-refractivity contribution in [1.29, 1.82) is 0 Å². The number of hydrogen-bond donors (Lipinski definition) is 0. The second-order valence-electron chi connectivity index (χ2n) is 14.6. The van der Waals surface area contributed by atoms with Crippen molar-refractivity contribution in [3.63, 3.8) is 0 Å². The van der Waals surface area contributed by atoms with Crippen LogP contribution in [0.1, 0.15) is 71.7 Å². The van der Waals surface area contributed by atoms with Gasteiger partial charge in [0.25, 0.3) is 0 Å². The molecular formula is C55H53N3. The van der Waals surface area contributed by atoms with Gasteiger partial charge in [-0.1, -0.05) is 190 Å². The summed E-state index contributed by atoms with van der Waals surface area (Å²) in [5.41, 5.74) is 18.3. The maximum atomic E-state index is 5.10. The molecule has 0 aromatic heterocycles. The molecule has 0 N–H and O–H groups in total. The average molecular weight is 756 g/mol. The number of rotatable bonds is 9. The molecule has 3 nitrogen and oxygen atoms in total. The summed E-state index contributed by atoms with van der Waals surface area (Å²) in [6.07, 6.45) is 4.19. The number of hydrogen-bond acceptors (Lipinski definition) is 3. The van der Waals surface area contributed by atoms with Crippen molar-refractivity contribution in [3.8, 4) is 22.3 Å². The second kappa shape index (κ2) is 20.5. The lowest BCUT2D eigenvalue weighted by molar-refractivity contribution is 1.07. The molecule has 58 heavy (non-hydrogen) atoms. The summed E-state index contributed by atoms with van der Waals surface area (Å²) in [5, 5.41) is 0. The van der Waals surface area contributed by atoms with Crippen LogP contribution < -0.4 is 0 Å². The van der Waals surface area contributed by atoms with Gasteiger partial charge < -0.3 is 0 Å². The first-order valence-corrected chi connectivity index (χ1v) is 20.2. The van der Waals surface area contributed by atoms with E-state index in [-0.39, 0.29) is 0 Å². The highest BCUT2D eigenvalue weighted by atomic mass is 14.8. The Labute approximate surface area is 346 Å². The quantitative estimate of drug-likeness (QED) is 0.132. The Bertz CT molecular complexity index is 2510. The Kier molecular flexibility index (Phi) is 14.4. The van der Waals surface area contributed by atoms with Crippen molar-refractivity contribution in [2.45, 2.75) is 54.0 Å². The summed E-state index contributed by atoms with van der Waals surface area (Å²) in [6.45, 7) is 15.0. The zero-order valence-corrected chi connectivity index (χ0v) is 34.5. The largest absolute Gasteiger partial charge is 0.280 e. The van der Waals surface area contributed by atoms with Crippen molar-refractivity contribution < 1.29 is 0 Å². The van der Waals surface area contributed by atoms with Gasteiger partial charge in [-0.3, -0.25) is 15.0 Å². The van der Waals surface area contributed by atoms with Crippen LogP contribution in [0, 0.1) is 13.8 Å². The van der Waals surface area contributed by atoms with E-state index in [0.717, 1.165) is 45.9 Å². The van der Waals surface area contributed by atoms with Crippen LogP contribution in [0.3, 0.4) is 0 Å². The van der Waals surface area contributed by atoms with Gasteiger partial charge >= 0.3 is 0 Å². The van der Waals surface area contributed by atoms with Crippen molar-refractivity contribution in [2.75, 3.05) is 0 Å². The zero-order chi connectivity index (χ0) is 40.7. The number of aliphatic imine (C=N–C) groups is 3. The van der Waals surface area contributed by atoms with Gasteiger partial charge in [-0.15, -0.1) is 0 Å². The van der Waals surface area contributed by atoms with E-state index in [1.807, 2.05) is 54.6 Å². The van der Waals surface area contributed by atoms with Gasteiger partial charge in [-0.05, 0) is 102 Å². The molecule has 7 aromatic rings. The lowest BCUT2D eigenvalue weighted by atomic mass is 9.97. The van der Waals surface area contributed by atoms with Crippen LogP contribution in [0.15, 0.2) is 197 Å². The fourth-order valence-corrected chi connectivity index (χ4v) is 6.86. The number of nitrogens with zero attached hydrogens (tertiary/aromatic N) is 3. The maximum absolute atomic E-state index is 5.10. The maximum Gasteiger partial charge on any atom is 0.0716 e. The molecule has 0 aliphatic heterocycles. The first kappa shape index (κ1) is 40.9. The molecule has 0 bridgehead atoms. The Morgan fingerprint density at radius 2 is 1.14 bits per heavy atom. The molecule has 3 heteroatoms. The molecule has 0 unspecified atom stereocenters. The van der Waals surface area contributed by atoms with E-state index >= 15 is 0 Å². The van der Waals surface area contributed by atoms with Crippen LogP contribution in [-0.2, 0) is 13.0 Å². The van der Waals surface area contributed by atoms with Crippen molar-refractivity contribution in [3.05, 3.63) is 227 Å². The van der Waals surface area contributed by atoms with E-state index in [1.165, 1.54) is 56.5 Å². The number of fused-ring (bicyclic) bond motifs is 3. The van der Waals surface area contributed by atoms with Crippen LogP contribution in [-0.4, -0.2) is 18.1 Å². The van der Waals surface area contributed by atoms with Crippen molar-refractivity contribution in [1.82, 2.24) is 0 Å². The van der Waals surface area contributed by atoms with Crippen LogP contribution in [0.2, 0.25) is 0 Å². The second-order valence-corrected chi connectivity index (χ2v) is 14.6. The minimum atomic E-state index is 0.586. The third-order valence-corrected chi connectivity index (χ3v) is 9.95. The van der Waals surface area contributed by atoms with Gasteiger partial charge in [0, 0.05) is 16.8 Å². The highest BCUT2D eigenvalue weighted by molar-refractivity contribution is 6.13. The topological polar surface area (TPSA) is 37.1 Å². The van der Waals surface area contributed by atoms with Crippen LogP contribution in [0.25, 0.3) is 28.0 Å². The third-order valence-electron chi connectivity index (χ3n) is 9.95. The normalized spacial score (nSPS) is 12.0. The van der Waals surface area contributed by atoms with Gasteiger partial charge in [0.05, 0.1) is 23.6 Å². The first-order valence-electron chi connectivity index (χ1n) is 20.2. The highest BCUT2D eigenvalue weighted by Crippen LogP contribution is 2.39. The lowest BCUT2D eigenvalue weighted by Crippen LogP contribution is -2.01. The molecule has 1 aliphatic rings. The van der Waals surface area contributed by atoms with E-state index in [1.54, 1.807) is 0 Å². The van der Waals surface area contributed by atoms with Crippen LogP contribution in [0.4, 0.5) is 5.69 Å². The SMILES string of the molecule is C=N/C(=C\C(=NCc1ccccc1)c1ccc2c(c1)Cc1cc(-c3ccc(C(C)=Nc4ccccc4C)cc3)ccc1-2)c1ccccc1.CCC.Cc1ccccc1. The fraction of sp³-hybridized carbons (Fsp3) is 0.145. The molecule has 7 aromatic carbocycles. The molecule has 0 fully saturated rings. The van der Waals surface area contributed by atoms with Gasteiger partial charge in [-0.2, -0.15) is 0 Å².